The lowest BCUT2D eigenvalue weighted by Crippen LogP contribution is -2.37. The second-order valence-electron chi connectivity index (χ2n) is 3.28. The van der Waals surface area contributed by atoms with Crippen LogP contribution in [0.25, 0.3) is 0 Å². The summed E-state index contributed by atoms with van der Waals surface area (Å²) in [6.45, 7) is 0.139. The van der Waals surface area contributed by atoms with Crippen LogP contribution in [0.1, 0.15) is 21.8 Å². The number of carbonyl (C=O) groups is 2. The van der Waals surface area contributed by atoms with E-state index in [2.05, 4.69) is 10.5 Å². The monoisotopic (exact) mass is 204 g/mol. The molecule has 1 atom stereocenters. The van der Waals surface area contributed by atoms with Gasteiger partial charge in [0.1, 0.15) is 0 Å². The molecule has 2 amide bonds. The van der Waals surface area contributed by atoms with Crippen LogP contribution >= 0.6 is 0 Å². The molecule has 5 nitrogen and oxygen atoms in total. The number of benzene rings is 1. The molecule has 0 bridgehead atoms. The molecule has 1 unspecified atom stereocenters. The van der Waals surface area contributed by atoms with Crippen molar-refractivity contribution in [3.63, 3.8) is 0 Å². The standard InChI is InChI=1S/C10H8N2O3/c13-9-7-4-2-1-3-6(7)8(5-11-9)10(14)12-15/h1-4,8H,5H2,(H,11,13). The molecule has 0 aromatic heterocycles. The number of rotatable bonds is 1. The van der Waals surface area contributed by atoms with Gasteiger partial charge >= 0.3 is 0 Å². The van der Waals surface area contributed by atoms with Crippen LogP contribution in [0.2, 0.25) is 0 Å². The summed E-state index contributed by atoms with van der Waals surface area (Å²) < 4.78 is 0. The Balaban J connectivity index is 2.49. The summed E-state index contributed by atoms with van der Waals surface area (Å²) >= 11 is 0. The van der Waals surface area contributed by atoms with Crippen LogP contribution in [0.3, 0.4) is 0 Å². The first-order chi connectivity index (χ1) is 7.24. The lowest BCUT2D eigenvalue weighted by molar-refractivity contribution is -0.119. The van der Waals surface area contributed by atoms with Crippen molar-refractivity contribution < 1.29 is 9.59 Å². The number of carbonyl (C=O) groups excluding carboxylic acids is 2. The van der Waals surface area contributed by atoms with Gasteiger partial charge in [-0.1, -0.05) is 18.2 Å². The lowest BCUT2D eigenvalue weighted by Gasteiger charge is -2.22. The van der Waals surface area contributed by atoms with E-state index in [0.29, 0.717) is 11.1 Å². The minimum absolute atomic E-state index is 0.139. The van der Waals surface area contributed by atoms with Crippen LogP contribution < -0.4 is 5.32 Å². The number of hydrogen-bond donors (Lipinski definition) is 1. The van der Waals surface area contributed by atoms with Crippen LogP contribution in [-0.4, -0.2) is 18.4 Å². The van der Waals surface area contributed by atoms with Crippen molar-refractivity contribution in [3.05, 3.63) is 40.3 Å². The SMILES string of the molecule is O=NC(=O)C1CNC(=O)c2ccccc21. The Kier molecular flexibility index (Phi) is 2.29. The molecule has 15 heavy (non-hydrogen) atoms. The average Bonchev–Trinajstić information content (AvgIpc) is 2.29. The first-order valence-corrected chi connectivity index (χ1v) is 4.48. The molecule has 2 rings (SSSR count). The summed E-state index contributed by atoms with van der Waals surface area (Å²) in [5.74, 6) is -1.61. The number of nitrogens with one attached hydrogen (secondary N) is 1. The highest BCUT2D eigenvalue weighted by Crippen LogP contribution is 2.24. The average molecular weight is 204 g/mol. The maximum Gasteiger partial charge on any atom is 0.295 e. The summed E-state index contributed by atoms with van der Waals surface area (Å²) in [6, 6.07) is 6.72. The molecule has 1 aliphatic heterocycles. The largest absolute Gasteiger partial charge is 0.351 e. The maximum absolute atomic E-state index is 11.4. The smallest absolute Gasteiger partial charge is 0.295 e. The Morgan fingerprint density at radius 2 is 2.13 bits per heavy atom. The van der Waals surface area contributed by atoms with E-state index in [1.165, 1.54) is 0 Å². The van der Waals surface area contributed by atoms with E-state index in [9.17, 15) is 14.5 Å². The third-order valence-corrected chi connectivity index (χ3v) is 2.44. The molecule has 1 N–H and O–H groups in total. The zero-order valence-corrected chi connectivity index (χ0v) is 7.77. The van der Waals surface area contributed by atoms with Crippen molar-refractivity contribution in [3.8, 4) is 0 Å². The quantitative estimate of drug-likeness (QED) is 0.687. The molecule has 5 heteroatoms. The second-order valence-corrected chi connectivity index (χ2v) is 3.28. The number of amides is 2. The summed E-state index contributed by atoms with van der Waals surface area (Å²) in [5, 5.41) is 4.94. The van der Waals surface area contributed by atoms with Gasteiger partial charge in [-0.05, 0) is 11.6 Å². The summed E-state index contributed by atoms with van der Waals surface area (Å²) in [6.07, 6.45) is 0. The minimum Gasteiger partial charge on any atom is -0.351 e. The molecule has 1 aliphatic rings. The molecule has 0 saturated carbocycles. The highest BCUT2D eigenvalue weighted by molar-refractivity contribution is 6.00. The second kappa shape index (κ2) is 3.61. The molecular weight excluding hydrogens is 196 g/mol. The first-order valence-electron chi connectivity index (χ1n) is 4.48. The van der Waals surface area contributed by atoms with Gasteiger partial charge in [0.2, 0.25) is 0 Å². The van der Waals surface area contributed by atoms with Gasteiger partial charge < -0.3 is 5.32 Å². The van der Waals surface area contributed by atoms with E-state index in [0.717, 1.165) is 0 Å². The summed E-state index contributed by atoms with van der Waals surface area (Å²) in [4.78, 5) is 32.8. The van der Waals surface area contributed by atoms with Gasteiger partial charge in [0, 0.05) is 17.3 Å². The van der Waals surface area contributed by atoms with Gasteiger partial charge in [0.05, 0.1) is 5.92 Å². The number of hydrogen-bond acceptors (Lipinski definition) is 3. The van der Waals surface area contributed by atoms with E-state index in [1.807, 2.05) is 0 Å². The predicted molar refractivity (Wildman–Crippen MR) is 52.3 cm³/mol. The Labute approximate surface area is 85.5 Å². The normalized spacial score (nSPS) is 18.9. The van der Waals surface area contributed by atoms with Crippen molar-refractivity contribution in [1.82, 2.24) is 5.32 Å². The van der Waals surface area contributed by atoms with Crippen LogP contribution in [0.15, 0.2) is 29.4 Å². The highest BCUT2D eigenvalue weighted by Gasteiger charge is 2.30. The topological polar surface area (TPSA) is 75.6 Å². The fourth-order valence-corrected chi connectivity index (χ4v) is 1.69. The zero-order valence-electron chi connectivity index (χ0n) is 7.77. The third kappa shape index (κ3) is 1.52. The Bertz CT molecular complexity index is 442. The fourth-order valence-electron chi connectivity index (χ4n) is 1.69. The van der Waals surface area contributed by atoms with Gasteiger partial charge in [0.25, 0.3) is 11.8 Å². The van der Waals surface area contributed by atoms with Crippen LogP contribution in [0.5, 0.6) is 0 Å². The molecule has 76 valence electrons. The van der Waals surface area contributed by atoms with Crippen LogP contribution in [0.4, 0.5) is 0 Å². The lowest BCUT2D eigenvalue weighted by atomic mass is 9.90. The number of nitrogens with zero attached hydrogens (tertiary/aromatic N) is 1. The molecule has 1 aromatic rings. The fraction of sp³-hybridized carbons (Fsp3) is 0.200. The first kappa shape index (κ1) is 9.51. The Morgan fingerprint density at radius 1 is 1.40 bits per heavy atom. The third-order valence-electron chi connectivity index (χ3n) is 2.44. The Morgan fingerprint density at radius 3 is 2.87 bits per heavy atom. The van der Waals surface area contributed by atoms with Crippen molar-refractivity contribution >= 4 is 11.8 Å². The molecule has 0 saturated heterocycles. The van der Waals surface area contributed by atoms with Crippen LogP contribution in [-0.2, 0) is 4.79 Å². The molecule has 0 aliphatic carbocycles. The zero-order chi connectivity index (χ0) is 10.8. The van der Waals surface area contributed by atoms with E-state index in [4.69, 9.17) is 0 Å². The Hall–Kier alpha value is -2.04. The van der Waals surface area contributed by atoms with Crippen LogP contribution in [0, 0.1) is 4.91 Å². The van der Waals surface area contributed by atoms with E-state index in [1.54, 1.807) is 24.3 Å². The molecule has 0 fully saturated rings. The van der Waals surface area contributed by atoms with Gasteiger partial charge in [-0.25, -0.2) is 0 Å². The summed E-state index contributed by atoms with van der Waals surface area (Å²) in [5.41, 5.74) is 1.01. The number of nitroso groups, excluding NO2 is 1. The van der Waals surface area contributed by atoms with Gasteiger partial charge in [0.15, 0.2) is 0 Å². The number of fused-ring (bicyclic) bond motifs is 1. The molecule has 0 radical (unpaired) electrons. The molecule has 1 heterocycles. The van der Waals surface area contributed by atoms with E-state index in [-0.39, 0.29) is 12.5 Å². The van der Waals surface area contributed by atoms with Crippen molar-refractivity contribution in [2.45, 2.75) is 5.92 Å². The molecular formula is C10H8N2O3. The maximum atomic E-state index is 11.4. The van der Waals surface area contributed by atoms with E-state index >= 15 is 0 Å². The van der Waals surface area contributed by atoms with E-state index < -0.39 is 11.8 Å². The van der Waals surface area contributed by atoms with Crippen molar-refractivity contribution in [2.75, 3.05) is 6.54 Å². The van der Waals surface area contributed by atoms with Gasteiger partial charge in [-0.2, -0.15) is 0 Å². The predicted octanol–water partition coefficient (Wildman–Crippen LogP) is 0.807. The van der Waals surface area contributed by atoms with Crippen molar-refractivity contribution in [1.29, 1.82) is 0 Å². The molecule has 0 spiro atoms. The molecule has 1 aromatic carbocycles. The minimum atomic E-state index is -0.748. The summed E-state index contributed by atoms with van der Waals surface area (Å²) in [7, 11) is 0. The van der Waals surface area contributed by atoms with Gasteiger partial charge in [-0.3, -0.25) is 9.59 Å². The van der Waals surface area contributed by atoms with Crippen molar-refractivity contribution in [2.24, 2.45) is 5.18 Å². The highest BCUT2D eigenvalue weighted by atomic mass is 16.3. The van der Waals surface area contributed by atoms with Gasteiger partial charge in [-0.15, -0.1) is 4.91 Å².